The van der Waals surface area contributed by atoms with E-state index in [1.54, 1.807) is 9.80 Å². The van der Waals surface area contributed by atoms with Crippen molar-refractivity contribution in [1.29, 1.82) is 0 Å². The number of nitrogens with zero attached hydrogens (tertiary/aromatic N) is 3. The topological polar surface area (TPSA) is 69.3 Å². The van der Waals surface area contributed by atoms with Crippen molar-refractivity contribution in [2.45, 2.75) is 32.7 Å². The van der Waals surface area contributed by atoms with Gasteiger partial charge in [-0.1, -0.05) is 18.2 Å². The zero-order chi connectivity index (χ0) is 17.1. The van der Waals surface area contributed by atoms with Crippen LogP contribution in [0.4, 0.5) is 5.69 Å². The van der Waals surface area contributed by atoms with Crippen LogP contribution in [0.3, 0.4) is 0 Å². The summed E-state index contributed by atoms with van der Waals surface area (Å²) in [7, 11) is 0. The summed E-state index contributed by atoms with van der Waals surface area (Å²) in [5, 5.41) is 6.95. The molecule has 1 aromatic carbocycles. The van der Waals surface area contributed by atoms with Gasteiger partial charge in [0.15, 0.2) is 0 Å². The number of nitrogens with one attached hydrogen (secondary N) is 1. The normalized spacial score (nSPS) is 17.3. The first-order valence-electron chi connectivity index (χ1n) is 8.27. The summed E-state index contributed by atoms with van der Waals surface area (Å²) in [5.41, 5.74) is 2.52. The second-order valence-corrected chi connectivity index (χ2v) is 6.03. The molecule has 3 rings (SSSR count). The fourth-order valence-electron chi connectivity index (χ4n) is 3.21. The molecule has 1 saturated heterocycles. The summed E-state index contributed by atoms with van der Waals surface area (Å²) in [4.78, 5) is 28.8. The Bertz CT molecular complexity index is 726. The molecular formula is C18H22N4O2. The molecule has 1 fully saturated rings. The predicted molar refractivity (Wildman–Crippen MR) is 91.6 cm³/mol. The van der Waals surface area contributed by atoms with Crippen LogP contribution < -0.4 is 4.90 Å². The lowest BCUT2D eigenvalue weighted by molar-refractivity contribution is -0.137. The number of aromatic amines is 1. The molecule has 0 radical (unpaired) electrons. The number of aryl methyl sites for hydroxylation is 1. The van der Waals surface area contributed by atoms with Gasteiger partial charge in [-0.15, -0.1) is 0 Å². The number of benzene rings is 1. The van der Waals surface area contributed by atoms with Gasteiger partial charge in [-0.05, 0) is 38.5 Å². The molecule has 1 atom stereocenters. The Morgan fingerprint density at radius 1 is 1.38 bits per heavy atom. The summed E-state index contributed by atoms with van der Waals surface area (Å²) in [6, 6.07) is 11.1. The number of hydrogen-bond acceptors (Lipinski definition) is 3. The minimum absolute atomic E-state index is 0.00499. The molecule has 0 saturated carbocycles. The van der Waals surface area contributed by atoms with Gasteiger partial charge in [0.05, 0.1) is 12.1 Å². The van der Waals surface area contributed by atoms with Gasteiger partial charge in [0.2, 0.25) is 11.8 Å². The highest BCUT2D eigenvalue weighted by Gasteiger charge is 2.38. The largest absolute Gasteiger partial charge is 0.331 e. The fraction of sp³-hybridized carbons (Fsp3) is 0.389. The molecule has 2 amide bonds. The number of aromatic nitrogens is 2. The van der Waals surface area contributed by atoms with E-state index in [4.69, 9.17) is 0 Å². The first-order valence-corrected chi connectivity index (χ1v) is 8.27. The average molecular weight is 326 g/mol. The van der Waals surface area contributed by atoms with Crippen molar-refractivity contribution < 1.29 is 9.59 Å². The highest BCUT2D eigenvalue weighted by Crippen LogP contribution is 2.24. The molecule has 2 heterocycles. The highest BCUT2D eigenvalue weighted by atomic mass is 16.2. The number of carbonyl (C=O) groups excluding carboxylic acids is 2. The van der Waals surface area contributed by atoms with Gasteiger partial charge < -0.3 is 9.80 Å². The quantitative estimate of drug-likeness (QED) is 0.912. The first kappa shape index (κ1) is 16.2. The first-order chi connectivity index (χ1) is 11.6. The number of likely N-dealkylation sites (N-methyl/N-ethyl adjacent to an activating group) is 1. The average Bonchev–Trinajstić information content (AvgIpc) is 3.16. The van der Waals surface area contributed by atoms with Crippen LogP contribution >= 0.6 is 0 Å². The molecule has 1 aliphatic heterocycles. The van der Waals surface area contributed by atoms with Crippen LogP contribution in [-0.2, 0) is 16.0 Å². The van der Waals surface area contributed by atoms with Crippen molar-refractivity contribution >= 4 is 17.5 Å². The molecule has 0 spiro atoms. The van der Waals surface area contributed by atoms with E-state index < -0.39 is 0 Å². The Balaban J connectivity index is 1.72. The van der Waals surface area contributed by atoms with E-state index in [9.17, 15) is 9.59 Å². The van der Waals surface area contributed by atoms with Gasteiger partial charge in [-0.3, -0.25) is 14.7 Å². The van der Waals surface area contributed by atoms with Crippen molar-refractivity contribution in [1.82, 2.24) is 15.1 Å². The zero-order valence-electron chi connectivity index (χ0n) is 14.0. The smallest absolute Gasteiger partial charge is 0.249 e. The van der Waals surface area contributed by atoms with E-state index in [0.717, 1.165) is 11.4 Å². The van der Waals surface area contributed by atoms with Gasteiger partial charge in [0, 0.05) is 24.5 Å². The molecule has 0 aliphatic carbocycles. The van der Waals surface area contributed by atoms with Crippen molar-refractivity contribution in [2.75, 3.05) is 18.0 Å². The van der Waals surface area contributed by atoms with Gasteiger partial charge in [0.25, 0.3) is 0 Å². The van der Waals surface area contributed by atoms with Crippen LogP contribution in [0.5, 0.6) is 0 Å². The maximum atomic E-state index is 12.8. The van der Waals surface area contributed by atoms with Crippen LogP contribution in [0.2, 0.25) is 0 Å². The van der Waals surface area contributed by atoms with Gasteiger partial charge >= 0.3 is 0 Å². The van der Waals surface area contributed by atoms with E-state index in [1.165, 1.54) is 0 Å². The van der Waals surface area contributed by atoms with Crippen molar-refractivity contribution in [3.63, 3.8) is 0 Å². The summed E-state index contributed by atoms with van der Waals surface area (Å²) in [6.45, 7) is 4.96. The Hall–Kier alpha value is -2.63. The van der Waals surface area contributed by atoms with Gasteiger partial charge in [-0.2, -0.15) is 5.10 Å². The minimum Gasteiger partial charge on any atom is -0.331 e. The van der Waals surface area contributed by atoms with Crippen LogP contribution in [0.15, 0.2) is 36.4 Å². The summed E-state index contributed by atoms with van der Waals surface area (Å²) in [6.07, 6.45) is 0.875. The van der Waals surface area contributed by atoms with Crippen molar-refractivity contribution in [3.05, 3.63) is 47.8 Å². The van der Waals surface area contributed by atoms with Crippen LogP contribution in [0, 0.1) is 6.92 Å². The molecule has 6 nitrogen and oxygen atoms in total. The SMILES string of the molecule is CCN(C(=O)Cc1cc(C)[nH]n1)[C@@H]1CCN(c2ccccc2)C1=O. The molecular weight excluding hydrogens is 304 g/mol. The third-order valence-corrected chi connectivity index (χ3v) is 4.37. The molecule has 1 aliphatic rings. The number of anilines is 1. The lowest BCUT2D eigenvalue weighted by Gasteiger charge is -2.26. The van der Waals surface area contributed by atoms with Crippen LogP contribution in [0.1, 0.15) is 24.7 Å². The summed E-state index contributed by atoms with van der Waals surface area (Å²) in [5.74, 6) is -0.0631. The van der Waals surface area contributed by atoms with E-state index in [1.807, 2.05) is 50.2 Å². The standard InChI is InChI=1S/C18H22N4O2/c1-3-21(17(23)12-14-11-13(2)19-20-14)16-9-10-22(18(16)24)15-7-5-4-6-8-15/h4-8,11,16H,3,9-10,12H2,1-2H3,(H,19,20)/t16-/m1/s1. The molecule has 2 aromatic rings. The van der Waals surface area contributed by atoms with Crippen molar-refractivity contribution in [2.24, 2.45) is 0 Å². The zero-order valence-corrected chi connectivity index (χ0v) is 14.0. The summed E-state index contributed by atoms with van der Waals surface area (Å²) < 4.78 is 0. The minimum atomic E-state index is -0.386. The number of H-pyrrole nitrogens is 1. The van der Waals surface area contributed by atoms with Gasteiger partial charge in [0.1, 0.15) is 6.04 Å². The Morgan fingerprint density at radius 3 is 2.75 bits per heavy atom. The second-order valence-electron chi connectivity index (χ2n) is 6.03. The Kier molecular flexibility index (Phi) is 4.64. The van der Waals surface area contributed by atoms with Crippen molar-refractivity contribution in [3.8, 4) is 0 Å². The number of carbonyl (C=O) groups is 2. The highest BCUT2D eigenvalue weighted by molar-refractivity contribution is 6.01. The number of para-hydroxylation sites is 1. The molecule has 24 heavy (non-hydrogen) atoms. The lowest BCUT2D eigenvalue weighted by atomic mass is 10.1. The maximum absolute atomic E-state index is 12.8. The third-order valence-electron chi connectivity index (χ3n) is 4.37. The lowest BCUT2D eigenvalue weighted by Crippen LogP contribution is -2.46. The van der Waals surface area contributed by atoms with Crippen LogP contribution in [-0.4, -0.2) is 46.0 Å². The number of rotatable bonds is 5. The Labute approximate surface area is 141 Å². The molecule has 0 bridgehead atoms. The second kappa shape index (κ2) is 6.86. The molecule has 1 aromatic heterocycles. The molecule has 0 unspecified atom stereocenters. The Morgan fingerprint density at radius 2 is 2.12 bits per heavy atom. The molecule has 126 valence electrons. The number of hydrogen-bond donors (Lipinski definition) is 1. The molecule has 6 heteroatoms. The monoisotopic (exact) mass is 326 g/mol. The van der Waals surface area contributed by atoms with E-state index in [0.29, 0.717) is 25.2 Å². The molecule has 1 N–H and O–H groups in total. The van der Waals surface area contributed by atoms with E-state index in [-0.39, 0.29) is 24.3 Å². The van der Waals surface area contributed by atoms with Crippen LogP contribution in [0.25, 0.3) is 0 Å². The van der Waals surface area contributed by atoms with E-state index in [2.05, 4.69) is 10.2 Å². The van der Waals surface area contributed by atoms with Gasteiger partial charge in [-0.25, -0.2) is 0 Å². The third kappa shape index (κ3) is 3.18. The van der Waals surface area contributed by atoms with E-state index >= 15 is 0 Å². The number of amides is 2. The summed E-state index contributed by atoms with van der Waals surface area (Å²) >= 11 is 0. The maximum Gasteiger partial charge on any atom is 0.249 e. The predicted octanol–water partition coefficient (Wildman–Crippen LogP) is 1.91. The fourth-order valence-corrected chi connectivity index (χ4v) is 3.21.